The Bertz CT molecular complexity index is 331. The smallest absolute Gasteiger partial charge is 0.165 e. The molecule has 0 aromatic heterocycles. The lowest BCUT2D eigenvalue weighted by atomic mass is 10.1. The SMILES string of the molecule is COc1cc(F)c(C(N)CO)cc1F. The van der Waals surface area contributed by atoms with E-state index in [4.69, 9.17) is 10.8 Å². The van der Waals surface area contributed by atoms with Crippen LogP contribution in [-0.2, 0) is 0 Å². The summed E-state index contributed by atoms with van der Waals surface area (Å²) in [4.78, 5) is 0. The molecule has 1 rings (SSSR count). The highest BCUT2D eigenvalue weighted by atomic mass is 19.1. The molecule has 1 aromatic rings. The predicted octanol–water partition coefficient (Wildman–Crippen LogP) is 0.966. The molecule has 0 aliphatic rings. The van der Waals surface area contributed by atoms with Gasteiger partial charge < -0.3 is 15.6 Å². The molecule has 0 saturated carbocycles. The van der Waals surface area contributed by atoms with Crippen LogP contribution in [0, 0.1) is 11.6 Å². The Labute approximate surface area is 80.1 Å². The molecule has 0 saturated heterocycles. The Balaban J connectivity index is 3.14. The summed E-state index contributed by atoms with van der Waals surface area (Å²) in [6.07, 6.45) is 0. The summed E-state index contributed by atoms with van der Waals surface area (Å²) >= 11 is 0. The minimum Gasteiger partial charge on any atom is -0.494 e. The van der Waals surface area contributed by atoms with Crippen molar-refractivity contribution in [2.24, 2.45) is 5.73 Å². The van der Waals surface area contributed by atoms with Crippen LogP contribution in [-0.4, -0.2) is 18.8 Å². The second kappa shape index (κ2) is 4.34. The van der Waals surface area contributed by atoms with E-state index in [0.717, 1.165) is 12.1 Å². The average Bonchev–Trinajstić information content (AvgIpc) is 2.19. The third-order valence-electron chi connectivity index (χ3n) is 1.87. The number of nitrogens with two attached hydrogens (primary N) is 1. The summed E-state index contributed by atoms with van der Waals surface area (Å²) in [5.74, 6) is -1.58. The van der Waals surface area contributed by atoms with Crippen molar-refractivity contribution in [3.63, 3.8) is 0 Å². The van der Waals surface area contributed by atoms with E-state index < -0.39 is 24.3 Å². The molecular formula is C9H11F2NO2. The van der Waals surface area contributed by atoms with E-state index in [1.54, 1.807) is 0 Å². The maximum atomic E-state index is 13.2. The Morgan fingerprint density at radius 3 is 2.57 bits per heavy atom. The summed E-state index contributed by atoms with van der Waals surface area (Å²) < 4.78 is 30.9. The Morgan fingerprint density at radius 2 is 2.07 bits per heavy atom. The van der Waals surface area contributed by atoms with Gasteiger partial charge in [0.25, 0.3) is 0 Å². The van der Waals surface area contributed by atoms with Crippen molar-refractivity contribution in [1.29, 1.82) is 0 Å². The molecule has 1 atom stereocenters. The van der Waals surface area contributed by atoms with Gasteiger partial charge in [0.05, 0.1) is 19.8 Å². The standard InChI is InChI=1S/C9H11F2NO2/c1-14-9-3-6(10)5(2-7(9)11)8(12)4-13/h2-3,8,13H,4,12H2,1H3. The number of benzene rings is 1. The van der Waals surface area contributed by atoms with Gasteiger partial charge >= 0.3 is 0 Å². The van der Waals surface area contributed by atoms with Crippen molar-refractivity contribution in [2.45, 2.75) is 6.04 Å². The van der Waals surface area contributed by atoms with Gasteiger partial charge in [-0.15, -0.1) is 0 Å². The number of methoxy groups -OCH3 is 1. The van der Waals surface area contributed by atoms with Crippen LogP contribution in [0.15, 0.2) is 12.1 Å². The molecule has 1 unspecified atom stereocenters. The van der Waals surface area contributed by atoms with E-state index >= 15 is 0 Å². The molecule has 0 amide bonds. The van der Waals surface area contributed by atoms with Gasteiger partial charge in [-0.1, -0.05) is 0 Å². The largest absolute Gasteiger partial charge is 0.494 e. The number of aliphatic hydroxyl groups excluding tert-OH is 1. The normalized spacial score (nSPS) is 12.6. The van der Waals surface area contributed by atoms with E-state index in [-0.39, 0.29) is 11.3 Å². The van der Waals surface area contributed by atoms with E-state index in [2.05, 4.69) is 4.74 Å². The fourth-order valence-electron chi connectivity index (χ4n) is 1.08. The summed E-state index contributed by atoms with van der Waals surface area (Å²) in [7, 11) is 1.24. The maximum Gasteiger partial charge on any atom is 0.165 e. The minimum absolute atomic E-state index is 0.0641. The Morgan fingerprint density at radius 1 is 1.43 bits per heavy atom. The summed E-state index contributed by atoms with van der Waals surface area (Å²) in [6.45, 7) is -0.442. The second-order valence-electron chi connectivity index (χ2n) is 2.80. The quantitative estimate of drug-likeness (QED) is 0.769. The molecule has 0 spiro atoms. The molecule has 0 heterocycles. The number of halogens is 2. The topological polar surface area (TPSA) is 55.5 Å². The minimum atomic E-state index is -0.921. The number of rotatable bonds is 3. The van der Waals surface area contributed by atoms with Crippen LogP contribution < -0.4 is 10.5 Å². The molecule has 0 bridgehead atoms. The van der Waals surface area contributed by atoms with Gasteiger partial charge in [0.15, 0.2) is 11.6 Å². The molecule has 5 heteroatoms. The van der Waals surface area contributed by atoms with Crippen LogP contribution in [0.5, 0.6) is 5.75 Å². The third-order valence-corrected chi connectivity index (χ3v) is 1.87. The fraction of sp³-hybridized carbons (Fsp3) is 0.333. The summed E-state index contributed by atoms with van der Waals surface area (Å²) in [5.41, 5.74) is 5.29. The van der Waals surface area contributed by atoms with Crippen LogP contribution in [0.4, 0.5) is 8.78 Å². The molecule has 0 aliphatic heterocycles. The number of ether oxygens (including phenoxy) is 1. The first kappa shape index (κ1) is 10.9. The van der Waals surface area contributed by atoms with Crippen LogP contribution in [0.2, 0.25) is 0 Å². The van der Waals surface area contributed by atoms with Crippen molar-refractivity contribution < 1.29 is 18.6 Å². The Hall–Kier alpha value is -1.20. The lowest BCUT2D eigenvalue weighted by Gasteiger charge is -2.11. The molecule has 0 aliphatic carbocycles. The van der Waals surface area contributed by atoms with Crippen molar-refractivity contribution >= 4 is 0 Å². The first-order valence-corrected chi connectivity index (χ1v) is 3.99. The van der Waals surface area contributed by atoms with Crippen molar-refractivity contribution in [3.05, 3.63) is 29.3 Å². The highest BCUT2D eigenvalue weighted by Crippen LogP contribution is 2.24. The van der Waals surface area contributed by atoms with Crippen molar-refractivity contribution in [3.8, 4) is 5.75 Å². The zero-order chi connectivity index (χ0) is 10.7. The molecule has 1 aromatic carbocycles. The van der Waals surface area contributed by atoms with Gasteiger partial charge in [-0.05, 0) is 6.07 Å². The lowest BCUT2D eigenvalue weighted by molar-refractivity contribution is 0.264. The van der Waals surface area contributed by atoms with Gasteiger partial charge in [-0.2, -0.15) is 0 Å². The van der Waals surface area contributed by atoms with Gasteiger partial charge in [-0.25, -0.2) is 8.78 Å². The predicted molar refractivity (Wildman–Crippen MR) is 46.9 cm³/mol. The van der Waals surface area contributed by atoms with Crippen molar-refractivity contribution in [1.82, 2.24) is 0 Å². The molecule has 3 nitrogen and oxygen atoms in total. The fourth-order valence-corrected chi connectivity index (χ4v) is 1.08. The maximum absolute atomic E-state index is 13.2. The van der Waals surface area contributed by atoms with E-state index in [1.807, 2.05) is 0 Å². The van der Waals surface area contributed by atoms with Gasteiger partial charge in [0, 0.05) is 11.6 Å². The van der Waals surface area contributed by atoms with E-state index in [9.17, 15) is 8.78 Å². The zero-order valence-electron chi connectivity index (χ0n) is 7.63. The number of aliphatic hydroxyl groups is 1. The molecule has 0 radical (unpaired) electrons. The third kappa shape index (κ3) is 2.00. The summed E-state index contributed by atoms with van der Waals surface area (Å²) in [5, 5.41) is 8.68. The highest BCUT2D eigenvalue weighted by molar-refractivity contribution is 5.32. The molecule has 0 fully saturated rings. The first-order valence-electron chi connectivity index (χ1n) is 3.99. The van der Waals surface area contributed by atoms with Crippen LogP contribution >= 0.6 is 0 Å². The molecule has 14 heavy (non-hydrogen) atoms. The monoisotopic (exact) mass is 203 g/mol. The number of hydrogen-bond donors (Lipinski definition) is 2. The molecule has 3 N–H and O–H groups in total. The summed E-state index contributed by atoms with van der Waals surface area (Å²) in [6, 6.07) is 0.908. The van der Waals surface area contributed by atoms with Crippen LogP contribution in [0.3, 0.4) is 0 Å². The zero-order valence-corrected chi connectivity index (χ0v) is 7.63. The number of hydrogen-bond acceptors (Lipinski definition) is 3. The van der Waals surface area contributed by atoms with E-state index in [0.29, 0.717) is 0 Å². The van der Waals surface area contributed by atoms with Gasteiger partial charge in [0.1, 0.15) is 5.82 Å². The van der Waals surface area contributed by atoms with Gasteiger partial charge in [-0.3, -0.25) is 0 Å². The second-order valence-corrected chi connectivity index (χ2v) is 2.80. The lowest BCUT2D eigenvalue weighted by Crippen LogP contribution is -2.16. The molecule has 78 valence electrons. The van der Waals surface area contributed by atoms with Crippen LogP contribution in [0.25, 0.3) is 0 Å². The van der Waals surface area contributed by atoms with E-state index in [1.165, 1.54) is 7.11 Å². The molecular weight excluding hydrogens is 192 g/mol. The highest BCUT2D eigenvalue weighted by Gasteiger charge is 2.15. The first-order chi connectivity index (χ1) is 6.60. The Kier molecular flexibility index (Phi) is 3.38. The van der Waals surface area contributed by atoms with Crippen molar-refractivity contribution in [2.75, 3.05) is 13.7 Å². The van der Waals surface area contributed by atoms with Gasteiger partial charge in [0.2, 0.25) is 0 Å². The van der Waals surface area contributed by atoms with Crippen LogP contribution in [0.1, 0.15) is 11.6 Å². The average molecular weight is 203 g/mol.